The lowest BCUT2D eigenvalue weighted by Crippen LogP contribution is -2.65. The minimum atomic E-state index is -0.953. The molecule has 4 aliphatic carbocycles. The maximum atomic E-state index is 13.3. The molecule has 176 valence electrons. The summed E-state index contributed by atoms with van der Waals surface area (Å²) in [6.45, 7) is 2.30. The molecule has 10 heteroatoms. The van der Waals surface area contributed by atoms with Crippen molar-refractivity contribution in [3.05, 3.63) is 0 Å². The van der Waals surface area contributed by atoms with Gasteiger partial charge in [0.1, 0.15) is 43.7 Å². The Hall–Kier alpha value is -1.91. The van der Waals surface area contributed by atoms with E-state index in [0.717, 1.165) is 0 Å². The first-order chi connectivity index (χ1) is 15.4. The topological polar surface area (TPSA) is 126 Å². The van der Waals surface area contributed by atoms with Gasteiger partial charge in [-0.1, -0.05) is 0 Å². The van der Waals surface area contributed by atoms with Crippen molar-refractivity contribution in [2.45, 2.75) is 62.4 Å². The normalized spacial score (nSPS) is 44.5. The van der Waals surface area contributed by atoms with Gasteiger partial charge in [0.05, 0.1) is 30.7 Å². The smallest absolute Gasteiger partial charge is 0.462 e. The molecule has 4 bridgehead atoms. The number of esters is 2. The summed E-state index contributed by atoms with van der Waals surface area (Å²) < 4.78 is 37.7. The van der Waals surface area contributed by atoms with Crippen LogP contribution in [0.4, 0.5) is 4.79 Å². The highest BCUT2D eigenvalue weighted by molar-refractivity contribution is 5.83. The third kappa shape index (κ3) is 3.97. The molecule has 32 heavy (non-hydrogen) atoms. The van der Waals surface area contributed by atoms with Crippen molar-refractivity contribution in [3.8, 4) is 0 Å². The van der Waals surface area contributed by atoms with Crippen molar-refractivity contribution in [3.63, 3.8) is 0 Å². The van der Waals surface area contributed by atoms with Gasteiger partial charge in [-0.15, -0.1) is 0 Å². The summed E-state index contributed by atoms with van der Waals surface area (Å²) in [5.41, 5.74) is -2.72. The second-order valence-corrected chi connectivity index (χ2v) is 10.5. The second kappa shape index (κ2) is 7.30. The highest BCUT2D eigenvalue weighted by atomic mass is 16.7. The van der Waals surface area contributed by atoms with Gasteiger partial charge >= 0.3 is 18.1 Å². The lowest BCUT2D eigenvalue weighted by molar-refractivity contribution is -0.228. The largest absolute Gasteiger partial charge is 0.508 e. The van der Waals surface area contributed by atoms with Crippen molar-refractivity contribution in [2.75, 3.05) is 39.6 Å². The van der Waals surface area contributed by atoms with E-state index in [2.05, 4.69) is 0 Å². The first-order valence-electron chi connectivity index (χ1n) is 11.4. The van der Waals surface area contributed by atoms with Crippen LogP contribution in [0, 0.1) is 16.7 Å². The van der Waals surface area contributed by atoms with Crippen molar-refractivity contribution >= 4 is 18.1 Å². The van der Waals surface area contributed by atoms with Crippen molar-refractivity contribution < 1.29 is 47.5 Å². The van der Waals surface area contributed by atoms with E-state index in [1.807, 2.05) is 0 Å². The molecule has 5 unspecified atom stereocenters. The summed E-state index contributed by atoms with van der Waals surface area (Å²) in [6, 6.07) is 0. The van der Waals surface area contributed by atoms with E-state index < -0.39 is 22.6 Å². The second-order valence-electron chi connectivity index (χ2n) is 10.5. The van der Waals surface area contributed by atoms with Gasteiger partial charge in [-0.2, -0.15) is 0 Å². The lowest BCUT2D eigenvalue weighted by atomic mass is 9.42. The molecular weight excluding hydrogens is 424 g/mol. The molecule has 0 amide bonds. The van der Waals surface area contributed by atoms with Crippen LogP contribution in [-0.4, -0.2) is 81.6 Å². The van der Waals surface area contributed by atoms with Crippen LogP contribution < -0.4 is 0 Å². The molecule has 7 fully saturated rings. The lowest BCUT2D eigenvalue weighted by Gasteiger charge is -2.63. The molecule has 3 saturated heterocycles. The Morgan fingerprint density at radius 3 is 1.62 bits per heavy atom. The molecule has 0 radical (unpaired) electrons. The van der Waals surface area contributed by atoms with Crippen LogP contribution in [0.2, 0.25) is 0 Å². The van der Waals surface area contributed by atoms with Crippen molar-refractivity contribution in [2.24, 2.45) is 16.7 Å². The van der Waals surface area contributed by atoms with Crippen molar-refractivity contribution in [1.82, 2.24) is 0 Å². The number of carbonyl (C=O) groups excluding carboxylic acids is 3. The Bertz CT molecular complexity index is 770. The average molecular weight is 452 g/mol. The minimum absolute atomic E-state index is 0.0461. The third-order valence-electron chi connectivity index (χ3n) is 7.58. The maximum absolute atomic E-state index is 13.3. The molecule has 3 heterocycles. The van der Waals surface area contributed by atoms with Crippen LogP contribution in [0.1, 0.15) is 38.5 Å². The van der Waals surface area contributed by atoms with E-state index in [1.165, 1.54) is 0 Å². The fourth-order valence-corrected chi connectivity index (χ4v) is 6.42. The highest BCUT2D eigenvalue weighted by Gasteiger charge is 2.70. The number of rotatable bonds is 9. The van der Waals surface area contributed by atoms with Gasteiger partial charge in [-0.3, -0.25) is 9.59 Å². The minimum Gasteiger partial charge on any atom is -0.462 e. The molecule has 0 N–H and O–H groups in total. The fourth-order valence-electron chi connectivity index (χ4n) is 6.42. The molecule has 0 aromatic rings. The Morgan fingerprint density at radius 1 is 0.688 bits per heavy atom. The van der Waals surface area contributed by atoms with Gasteiger partial charge in [-0.25, -0.2) is 4.79 Å². The van der Waals surface area contributed by atoms with E-state index in [4.69, 9.17) is 33.2 Å². The van der Waals surface area contributed by atoms with E-state index in [1.54, 1.807) is 0 Å². The highest BCUT2D eigenvalue weighted by Crippen LogP contribution is 2.68. The molecule has 5 atom stereocenters. The van der Waals surface area contributed by atoms with E-state index in [9.17, 15) is 14.4 Å². The van der Waals surface area contributed by atoms with E-state index in [0.29, 0.717) is 58.3 Å². The van der Waals surface area contributed by atoms with Crippen molar-refractivity contribution in [1.29, 1.82) is 0 Å². The van der Waals surface area contributed by atoms with Crippen LogP contribution in [-0.2, 0) is 42.7 Å². The molecule has 0 spiro atoms. The number of epoxide rings is 3. The van der Waals surface area contributed by atoms with E-state index in [-0.39, 0.29) is 56.0 Å². The van der Waals surface area contributed by atoms with Gasteiger partial charge in [0, 0.05) is 12.8 Å². The maximum Gasteiger partial charge on any atom is 0.508 e. The molecule has 10 nitrogen and oxygen atoms in total. The predicted octanol–water partition coefficient (Wildman–Crippen LogP) is 1.13. The van der Waals surface area contributed by atoms with Crippen LogP contribution in [0.15, 0.2) is 0 Å². The molecule has 0 aromatic carbocycles. The SMILES string of the molecule is O=C(OCC1CO1)OC12CC3CC(C(=O)OCC4CO4)(C1)CC(C(=O)OCC1CO1)(C3)C2. The Kier molecular flexibility index (Phi) is 4.71. The van der Waals surface area contributed by atoms with Gasteiger partial charge in [0.15, 0.2) is 0 Å². The zero-order valence-corrected chi connectivity index (χ0v) is 17.9. The van der Waals surface area contributed by atoms with E-state index >= 15 is 0 Å². The summed E-state index contributed by atoms with van der Waals surface area (Å²) in [7, 11) is 0. The summed E-state index contributed by atoms with van der Waals surface area (Å²) in [5, 5.41) is 0. The third-order valence-corrected chi connectivity index (χ3v) is 7.58. The summed E-state index contributed by atoms with van der Waals surface area (Å²) >= 11 is 0. The predicted molar refractivity (Wildman–Crippen MR) is 102 cm³/mol. The monoisotopic (exact) mass is 452 g/mol. The van der Waals surface area contributed by atoms with Crippen LogP contribution in [0.25, 0.3) is 0 Å². The van der Waals surface area contributed by atoms with Gasteiger partial charge in [0.25, 0.3) is 0 Å². The molecular formula is C22H28O10. The molecule has 7 aliphatic rings. The average Bonchev–Trinajstić information content (AvgIpc) is 3.61. The number of hydrogen-bond donors (Lipinski definition) is 0. The summed E-state index contributed by atoms with van der Waals surface area (Å²) in [5.74, 6) is -0.625. The summed E-state index contributed by atoms with van der Waals surface area (Å²) in [6.07, 6.45) is 1.90. The zero-order chi connectivity index (χ0) is 22.0. The molecule has 0 aromatic heterocycles. The Morgan fingerprint density at radius 2 is 1.16 bits per heavy atom. The molecule has 4 saturated carbocycles. The first-order valence-corrected chi connectivity index (χ1v) is 11.4. The van der Waals surface area contributed by atoms with Gasteiger partial charge in [0.2, 0.25) is 0 Å². The number of carbonyl (C=O) groups is 3. The standard InChI is InChI=1S/C22H28O10/c23-17(29-7-14-4-26-14)20-1-13-2-21(10-20,18(24)30-8-15-5-27-15)12-22(3-13,11-20)32-19(25)31-9-16-6-28-16/h13-16H,1-12H2. The Labute approximate surface area is 185 Å². The number of ether oxygens (including phenoxy) is 7. The van der Waals surface area contributed by atoms with Crippen LogP contribution >= 0.6 is 0 Å². The van der Waals surface area contributed by atoms with Crippen LogP contribution in [0.5, 0.6) is 0 Å². The Balaban J connectivity index is 1.23. The number of hydrogen-bond acceptors (Lipinski definition) is 10. The van der Waals surface area contributed by atoms with Gasteiger partial charge in [-0.05, 0) is 31.6 Å². The molecule has 3 aliphatic heterocycles. The first kappa shape index (κ1) is 20.7. The summed E-state index contributed by atoms with van der Waals surface area (Å²) in [4.78, 5) is 39.1. The molecule has 7 rings (SSSR count). The van der Waals surface area contributed by atoms with Gasteiger partial charge < -0.3 is 33.2 Å². The zero-order valence-electron chi connectivity index (χ0n) is 17.9. The van der Waals surface area contributed by atoms with Crippen LogP contribution in [0.3, 0.4) is 0 Å². The fraction of sp³-hybridized carbons (Fsp3) is 0.864. The quantitative estimate of drug-likeness (QED) is 0.285.